The lowest BCUT2D eigenvalue weighted by Crippen LogP contribution is -2.28. The molecular formula is C65H45N. The van der Waals surface area contributed by atoms with Crippen molar-refractivity contribution in [1.82, 2.24) is 0 Å². The Morgan fingerprint density at radius 1 is 0.273 bits per heavy atom. The Balaban J connectivity index is 1.03. The smallest absolute Gasteiger partial charge is 0.0714 e. The van der Waals surface area contributed by atoms with E-state index < -0.39 is 5.41 Å². The van der Waals surface area contributed by atoms with E-state index in [2.05, 4.69) is 278 Å². The molecular weight excluding hydrogens is 795 g/mol. The van der Waals surface area contributed by atoms with Crippen LogP contribution in [-0.2, 0) is 5.41 Å². The molecule has 0 spiro atoms. The van der Waals surface area contributed by atoms with E-state index in [9.17, 15) is 0 Å². The van der Waals surface area contributed by atoms with Crippen molar-refractivity contribution in [1.29, 1.82) is 0 Å². The molecule has 0 aliphatic heterocycles. The molecule has 1 aliphatic rings. The highest BCUT2D eigenvalue weighted by Gasteiger charge is 2.47. The van der Waals surface area contributed by atoms with Gasteiger partial charge in [0.2, 0.25) is 0 Å². The summed E-state index contributed by atoms with van der Waals surface area (Å²) in [5, 5.41) is 2.52. The topological polar surface area (TPSA) is 3.24 Å². The maximum absolute atomic E-state index is 2.47. The Labute approximate surface area is 387 Å². The van der Waals surface area contributed by atoms with E-state index in [0.717, 1.165) is 22.6 Å². The summed E-state index contributed by atoms with van der Waals surface area (Å²) < 4.78 is 0. The molecule has 310 valence electrons. The molecule has 1 heteroatoms. The third-order valence-electron chi connectivity index (χ3n) is 13.6. The molecule has 0 N–H and O–H groups in total. The van der Waals surface area contributed by atoms with Crippen LogP contribution in [0.2, 0.25) is 0 Å². The summed E-state index contributed by atoms with van der Waals surface area (Å²) >= 11 is 0. The summed E-state index contributed by atoms with van der Waals surface area (Å²) in [5.41, 5.74) is 19.9. The van der Waals surface area contributed by atoms with Crippen LogP contribution in [-0.4, -0.2) is 0 Å². The lowest BCUT2D eigenvalue weighted by atomic mass is 9.68. The highest BCUT2D eigenvalue weighted by Crippen LogP contribution is 2.59. The maximum atomic E-state index is 2.47. The molecule has 0 heterocycles. The molecule has 1 aliphatic carbocycles. The summed E-state index contributed by atoms with van der Waals surface area (Å²) in [6.45, 7) is 0. The van der Waals surface area contributed by atoms with E-state index >= 15 is 0 Å². The number of fused-ring (bicyclic) bond motifs is 4. The summed E-state index contributed by atoms with van der Waals surface area (Å²) in [6.07, 6.45) is 0. The standard InChI is InChI=1S/C65H45N/c1-4-18-46(19-5-1)51-22-14-23-52(44-51)48-40-42-56(43-41-48)66(57-29-15-24-53(45-57)47-36-38-50(39-37-47)59-32-16-21-49-20-10-11-30-58(49)59)63-35-17-34-62-64(63)60-31-12-13-33-61(60)65(62,54-25-6-2-7-26-54)55-27-8-3-9-28-55/h1-45H. The van der Waals surface area contributed by atoms with Crippen molar-refractivity contribution < 1.29 is 0 Å². The van der Waals surface area contributed by atoms with Gasteiger partial charge in [-0.25, -0.2) is 0 Å². The Kier molecular flexibility index (Phi) is 9.81. The first-order chi connectivity index (χ1) is 32.7. The summed E-state index contributed by atoms with van der Waals surface area (Å²) in [5.74, 6) is 0. The quantitative estimate of drug-likeness (QED) is 0.140. The maximum Gasteiger partial charge on any atom is 0.0714 e. The largest absolute Gasteiger partial charge is 0.310 e. The van der Waals surface area contributed by atoms with Gasteiger partial charge in [0.1, 0.15) is 0 Å². The van der Waals surface area contributed by atoms with E-state index in [1.165, 1.54) is 83.1 Å². The first-order valence-corrected chi connectivity index (χ1v) is 22.8. The third kappa shape index (κ3) is 6.64. The molecule has 0 amide bonds. The van der Waals surface area contributed by atoms with Crippen LogP contribution in [0.5, 0.6) is 0 Å². The fraction of sp³-hybridized carbons (Fsp3) is 0.0154. The molecule has 11 aromatic rings. The fourth-order valence-electron chi connectivity index (χ4n) is 10.5. The summed E-state index contributed by atoms with van der Waals surface area (Å²) in [7, 11) is 0. The number of benzene rings is 11. The number of hydrogen-bond acceptors (Lipinski definition) is 1. The molecule has 0 bridgehead atoms. The minimum atomic E-state index is -0.516. The number of anilines is 3. The molecule has 0 saturated carbocycles. The Hall–Kier alpha value is -8.52. The van der Waals surface area contributed by atoms with Gasteiger partial charge in [-0.05, 0) is 119 Å². The lowest BCUT2D eigenvalue weighted by molar-refractivity contribution is 0.768. The van der Waals surface area contributed by atoms with Gasteiger partial charge in [0, 0.05) is 16.9 Å². The Morgan fingerprint density at radius 2 is 0.742 bits per heavy atom. The SMILES string of the molecule is c1ccc(-c2cccc(-c3ccc(N(c4cccc(-c5ccc(-c6cccc7ccccc67)cc5)c4)c4cccc5c4-c4ccccc4C5(c4ccccc4)c4ccccc4)cc3)c2)cc1. The average Bonchev–Trinajstić information content (AvgIpc) is 3.71. The van der Waals surface area contributed by atoms with Crippen LogP contribution in [0.15, 0.2) is 273 Å². The van der Waals surface area contributed by atoms with Crippen molar-refractivity contribution in [3.05, 3.63) is 295 Å². The van der Waals surface area contributed by atoms with Gasteiger partial charge in [-0.1, -0.05) is 237 Å². The second-order valence-electron chi connectivity index (χ2n) is 17.2. The van der Waals surface area contributed by atoms with Crippen molar-refractivity contribution in [3.8, 4) is 55.6 Å². The summed E-state index contributed by atoms with van der Waals surface area (Å²) in [6, 6.07) is 100. The van der Waals surface area contributed by atoms with E-state index in [4.69, 9.17) is 0 Å². The predicted octanol–water partition coefficient (Wildman–Crippen LogP) is 17.3. The fourth-order valence-corrected chi connectivity index (χ4v) is 10.5. The van der Waals surface area contributed by atoms with Gasteiger partial charge in [0.05, 0.1) is 11.1 Å². The molecule has 0 radical (unpaired) electrons. The van der Waals surface area contributed by atoms with Crippen LogP contribution in [0.3, 0.4) is 0 Å². The molecule has 0 unspecified atom stereocenters. The van der Waals surface area contributed by atoms with Crippen molar-refractivity contribution in [3.63, 3.8) is 0 Å². The first-order valence-electron chi connectivity index (χ1n) is 22.8. The number of rotatable bonds is 9. The van der Waals surface area contributed by atoms with Crippen LogP contribution < -0.4 is 4.90 Å². The highest BCUT2D eigenvalue weighted by atomic mass is 15.1. The van der Waals surface area contributed by atoms with Gasteiger partial charge >= 0.3 is 0 Å². The first kappa shape index (κ1) is 39.1. The van der Waals surface area contributed by atoms with E-state index in [1.807, 2.05) is 0 Å². The van der Waals surface area contributed by atoms with Crippen molar-refractivity contribution >= 4 is 27.8 Å². The van der Waals surface area contributed by atoms with Crippen LogP contribution >= 0.6 is 0 Å². The minimum absolute atomic E-state index is 0.516. The van der Waals surface area contributed by atoms with Crippen LogP contribution in [0, 0.1) is 0 Å². The normalized spacial score (nSPS) is 12.4. The zero-order chi connectivity index (χ0) is 43.9. The van der Waals surface area contributed by atoms with E-state index in [0.29, 0.717) is 0 Å². The lowest BCUT2D eigenvalue weighted by Gasteiger charge is -2.34. The van der Waals surface area contributed by atoms with Crippen LogP contribution in [0.4, 0.5) is 17.1 Å². The second-order valence-corrected chi connectivity index (χ2v) is 17.2. The van der Waals surface area contributed by atoms with Gasteiger partial charge < -0.3 is 4.90 Å². The molecule has 0 fully saturated rings. The zero-order valence-electron chi connectivity index (χ0n) is 36.4. The zero-order valence-corrected chi connectivity index (χ0v) is 36.4. The van der Waals surface area contributed by atoms with E-state index in [-0.39, 0.29) is 0 Å². The third-order valence-corrected chi connectivity index (χ3v) is 13.6. The molecule has 1 nitrogen and oxygen atoms in total. The van der Waals surface area contributed by atoms with Gasteiger partial charge in [0.15, 0.2) is 0 Å². The van der Waals surface area contributed by atoms with Gasteiger partial charge in [0.25, 0.3) is 0 Å². The Morgan fingerprint density at radius 3 is 1.45 bits per heavy atom. The van der Waals surface area contributed by atoms with Gasteiger partial charge in [-0.3, -0.25) is 0 Å². The van der Waals surface area contributed by atoms with Crippen LogP contribution in [0.25, 0.3) is 66.4 Å². The van der Waals surface area contributed by atoms with Crippen molar-refractivity contribution in [2.24, 2.45) is 0 Å². The second kappa shape index (κ2) is 16.6. The Bertz CT molecular complexity index is 3460. The highest BCUT2D eigenvalue weighted by molar-refractivity contribution is 5.99. The van der Waals surface area contributed by atoms with Gasteiger partial charge in [-0.15, -0.1) is 0 Å². The molecule has 0 atom stereocenters. The van der Waals surface area contributed by atoms with Gasteiger partial charge in [-0.2, -0.15) is 0 Å². The average molecular weight is 840 g/mol. The molecule has 66 heavy (non-hydrogen) atoms. The van der Waals surface area contributed by atoms with Crippen molar-refractivity contribution in [2.45, 2.75) is 5.41 Å². The minimum Gasteiger partial charge on any atom is -0.310 e. The number of nitrogens with zero attached hydrogens (tertiary/aromatic N) is 1. The van der Waals surface area contributed by atoms with Crippen molar-refractivity contribution in [2.75, 3.05) is 4.90 Å². The van der Waals surface area contributed by atoms with E-state index in [1.54, 1.807) is 0 Å². The molecule has 11 aromatic carbocycles. The number of hydrogen-bond donors (Lipinski definition) is 0. The summed E-state index contributed by atoms with van der Waals surface area (Å²) in [4.78, 5) is 2.47. The predicted molar refractivity (Wildman–Crippen MR) is 278 cm³/mol. The molecule has 0 aromatic heterocycles. The molecule has 0 saturated heterocycles. The monoisotopic (exact) mass is 839 g/mol. The molecule has 12 rings (SSSR count). The van der Waals surface area contributed by atoms with Crippen LogP contribution in [0.1, 0.15) is 22.3 Å².